The molecule has 0 spiro atoms. The summed E-state index contributed by atoms with van der Waals surface area (Å²) >= 11 is 0. The Hall–Kier alpha value is -2.05. The number of benzene rings is 1. The fourth-order valence-corrected chi connectivity index (χ4v) is 2.61. The Labute approximate surface area is 126 Å². The molecule has 0 bridgehead atoms. The SMILES string of the molecule is CCc1ccccc1NC(=O)C1CCCN1C(=O)C(F)(F)F. The highest BCUT2D eigenvalue weighted by molar-refractivity contribution is 5.98. The molecule has 0 saturated carbocycles. The molecule has 22 heavy (non-hydrogen) atoms. The van der Waals surface area contributed by atoms with E-state index in [0.29, 0.717) is 23.4 Å². The molecule has 0 aromatic heterocycles. The first-order valence-electron chi connectivity index (χ1n) is 7.11. The van der Waals surface area contributed by atoms with Crippen molar-refractivity contribution in [3.05, 3.63) is 29.8 Å². The van der Waals surface area contributed by atoms with E-state index in [0.717, 1.165) is 5.56 Å². The number of anilines is 1. The van der Waals surface area contributed by atoms with Gasteiger partial charge in [-0.1, -0.05) is 25.1 Å². The zero-order valence-corrected chi connectivity index (χ0v) is 12.1. The number of carbonyl (C=O) groups is 2. The molecule has 120 valence electrons. The standard InChI is InChI=1S/C15H17F3N2O2/c1-2-10-6-3-4-7-11(10)19-13(21)12-8-5-9-20(12)14(22)15(16,17)18/h3-4,6-7,12H,2,5,8-9H2,1H3,(H,19,21). The summed E-state index contributed by atoms with van der Waals surface area (Å²) in [4.78, 5) is 24.2. The van der Waals surface area contributed by atoms with E-state index < -0.39 is 24.0 Å². The Morgan fingerprint density at radius 2 is 2.00 bits per heavy atom. The second kappa shape index (κ2) is 6.37. The second-order valence-electron chi connectivity index (χ2n) is 5.15. The lowest BCUT2D eigenvalue weighted by molar-refractivity contribution is -0.186. The maximum absolute atomic E-state index is 12.6. The summed E-state index contributed by atoms with van der Waals surface area (Å²) in [7, 11) is 0. The second-order valence-corrected chi connectivity index (χ2v) is 5.15. The van der Waals surface area contributed by atoms with Gasteiger partial charge in [-0.2, -0.15) is 13.2 Å². The Bertz CT molecular complexity index is 572. The molecule has 1 aliphatic heterocycles. The smallest absolute Gasteiger partial charge is 0.324 e. The molecule has 2 rings (SSSR count). The normalized spacial score (nSPS) is 18.4. The van der Waals surface area contributed by atoms with Crippen LogP contribution in [0.2, 0.25) is 0 Å². The Balaban J connectivity index is 2.13. The van der Waals surface area contributed by atoms with E-state index in [9.17, 15) is 22.8 Å². The van der Waals surface area contributed by atoms with Crippen LogP contribution in [0.4, 0.5) is 18.9 Å². The van der Waals surface area contributed by atoms with Crippen LogP contribution in [-0.2, 0) is 16.0 Å². The number of hydrogen-bond acceptors (Lipinski definition) is 2. The van der Waals surface area contributed by atoms with Crippen LogP contribution in [0, 0.1) is 0 Å². The van der Waals surface area contributed by atoms with Crippen molar-refractivity contribution < 1.29 is 22.8 Å². The predicted molar refractivity (Wildman–Crippen MR) is 75.2 cm³/mol. The number of likely N-dealkylation sites (tertiary alicyclic amines) is 1. The van der Waals surface area contributed by atoms with Gasteiger partial charge in [-0.05, 0) is 30.9 Å². The molecule has 1 saturated heterocycles. The molecule has 1 aromatic rings. The van der Waals surface area contributed by atoms with E-state index in [1.54, 1.807) is 12.1 Å². The molecule has 4 nitrogen and oxygen atoms in total. The number of amides is 2. The molecular weight excluding hydrogens is 297 g/mol. The van der Waals surface area contributed by atoms with Crippen LogP contribution in [0.3, 0.4) is 0 Å². The highest BCUT2D eigenvalue weighted by Crippen LogP contribution is 2.27. The number of nitrogens with zero attached hydrogens (tertiary/aromatic N) is 1. The van der Waals surface area contributed by atoms with Gasteiger partial charge < -0.3 is 10.2 Å². The highest BCUT2D eigenvalue weighted by Gasteiger charge is 2.47. The van der Waals surface area contributed by atoms with Gasteiger partial charge >= 0.3 is 12.1 Å². The number of halogens is 3. The maximum Gasteiger partial charge on any atom is 0.471 e. The van der Waals surface area contributed by atoms with Gasteiger partial charge in [0.1, 0.15) is 6.04 Å². The van der Waals surface area contributed by atoms with E-state index in [2.05, 4.69) is 5.32 Å². The van der Waals surface area contributed by atoms with Crippen LogP contribution in [0.15, 0.2) is 24.3 Å². The summed E-state index contributed by atoms with van der Waals surface area (Å²) in [5.41, 5.74) is 1.46. The molecule has 1 aliphatic rings. The quantitative estimate of drug-likeness (QED) is 0.932. The van der Waals surface area contributed by atoms with E-state index >= 15 is 0 Å². The average molecular weight is 314 g/mol. The van der Waals surface area contributed by atoms with Gasteiger partial charge in [0, 0.05) is 12.2 Å². The number of hydrogen-bond donors (Lipinski definition) is 1. The molecule has 1 fully saturated rings. The number of para-hydroxylation sites is 1. The van der Waals surface area contributed by atoms with Crippen LogP contribution in [0.5, 0.6) is 0 Å². The maximum atomic E-state index is 12.6. The lowest BCUT2D eigenvalue weighted by atomic mass is 10.1. The third-order valence-corrected chi connectivity index (χ3v) is 3.71. The molecule has 7 heteroatoms. The largest absolute Gasteiger partial charge is 0.471 e. The molecule has 1 unspecified atom stereocenters. The van der Waals surface area contributed by atoms with Crippen molar-refractivity contribution in [2.24, 2.45) is 0 Å². The molecule has 1 atom stereocenters. The van der Waals surface area contributed by atoms with Gasteiger partial charge in [-0.25, -0.2) is 0 Å². The first-order valence-corrected chi connectivity index (χ1v) is 7.11. The minimum absolute atomic E-state index is 0.0497. The Kier molecular flexibility index (Phi) is 4.73. The van der Waals surface area contributed by atoms with Gasteiger partial charge in [0.05, 0.1) is 0 Å². The first-order chi connectivity index (χ1) is 10.3. The number of aryl methyl sites for hydroxylation is 1. The van der Waals surface area contributed by atoms with Crippen LogP contribution < -0.4 is 5.32 Å². The van der Waals surface area contributed by atoms with Crippen molar-refractivity contribution in [3.63, 3.8) is 0 Å². The summed E-state index contributed by atoms with van der Waals surface area (Å²) in [5.74, 6) is -2.52. The Morgan fingerprint density at radius 1 is 1.32 bits per heavy atom. The highest BCUT2D eigenvalue weighted by atomic mass is 19.4. The topological polar surface area (TPSA) is 49.4 Å². The van der Waals surface area contributed by atoms with Crippen LogP contribution in [0.1, 0.15) is 25.3 Å². The summed E-state index contributed by atoms with van der Waals surface area (Å²) in [6, 6.07) is 6.02. The summed E-state index contributed by atoms with van der Waals surface area (Å²) < 4.78 is 37.7. The van der Waals surface area contributed by atoms with Crippen LogP contribution >= 0.6 is 0 Å². The number of alkyl halides is 3. The van der Waals surface area contributed by atoms with Gasteiger partial charge in [-0.3, -0.25) is 9.59 Å². The third kappa shape index (κ3) is 3.40. The molecule has 2 amide bonds. The van der Waals surface area contributed by atoms with Gasteiger partial charge in [0.15, 0.2) is 0 Å². The monoisotopic (exact) mass is 314 g/mol. The van der Waals surface area contributed by atoms with Gasteiger partial charge in [-0.15, -0.1) is 0 Å². The average Bonchev–Trinajstić information content (AvgIpc) is 2.95. The van der Waals surface area contributed by atoms with Crippen molar-refractivity contribution in [1.82, 2.24) is 4.90 Å². The van der Waals surface area contributed by atoms with Crippen molar-refractivity contribution in [1.29, 1.82) is 0 Å². The van der Waals surface area contributed by atoms with Gasteiger partial charge in [0.25, 0.3) is 0 Å². The molecule has 0 aliphatic carbocycles. The Morgan fingerprint density at radius 3 is 2.64 bits per heavy atom. The zero-order chi connectivity index (χ0) is 16.3. The summed E-state index contributed by atoms with van der Waals surface area (Å²) in [5, 5.41) is 2.64. The fourth-order valence-electron chi connectivity index (χ4n) is 2.61. The van der Waals surface area contributed by atoms with Crippen molar-refractivity contribution in [2.45, 2.75) is 38.4 Å². The van der Waals surface area contributed by atoms with Gasteiger partial charge in [0.2, 0.25) is 5.91 Å². The molecular formula is C15H17F3N2O2. The number of rotatable bonds is 3. The van der Waals surface area contributed by atoms with Crippen molar-refractivity contribution >= 4 is 17.5 Å². The minimum atomic E-state index is -4.95. The molecule has 1 aromatic carbocycles. The lowest BCUT2D eigenvalue weighted by Crippen LogP contribution is -2.48. The van der Waals surface area contributed by atoms with E-state index in [-0.39, 0.29) is 13.0 Å². The van der Waals surface area contributed by atoms with Crippen LogP contribution in [0.25, 0.3) is 0 Å². The van der Waals surface area contributed by atoms with E-state index in [4.69, 9.17) is 0 Å². The molecule has 1 N–H and O–H groups in total. The number of carbonyl (C=O) groups excluding carboxylic acids is 2. The molecule has 0 radical (unpaired) electrons. The van der Waals surface area contributed by atoms with Crippen molar-refractivity contribution in [3.8, 4) is 0 Å². The third-order valence-electron chi connectivity index (χ3n) is 3.71. The predicted octanol–water partition coefficient (Wildman–Crippen LogP) is 2.74. The molecule has 1 heterocycles. The summed E-state index contributed by atoms with van der Waals surface area (Å²) in [6.45, 7) is 1.87. The van der Waals surface area contributed by atoms with E-state index in [1.165, 1.54) is 0 Å². The van der Waals surface area contributed by atoms with Crippen LogP contribution in [-0.4, -0.2) is 35.5 Å². The zero-order valence-electron chi connectivity index (χ0n) is 12.1. The fraction of sp³-hybridized carbons (Fsp3) is 0.467. The number of nitrogens with one attached hydrogen (secondary N) is 1. The summed E-state index contributed by atoms with van der Waals surface area (Å²) in [6.07, 6.45) is -3.65. The van der Waals surface area contributed by atoms with Crippen molar-refractivity contribution in [2.75, 3.05) is 11.9 Å². The van der Waals surface area contributed by atoms with E-state index in [1.807, 2.05) is 19.1 Å². The first kappa shape index (κ1) is 16.3. The lowest BCUT2D eigenvalue weighted by Gasteiger charge is -2.25. The minimum Gasteiger partial charge on any atom is -0.324 e.